The first kappa shape index (κ1) is 12.9. The van der Waals surface area contributed by atoms with Crippen LogP contribution in [0.5, 0.6) is 0 Å². The molecule has 1 fully saturated rings. The molecule has 0 aromatic rings. The second kappa shape index (κ2) is 7.20. The van der Waals surface area contributed by atoms with Crippen molar-refractivity contribution in [1.82, 2.24) is 5.32 Å². The normalized spacial score (nSPS) is 22.6. The fourth-order valence-electron chi connectivity index (χ4n) is 2.41. The molecule has 90 valence electrons. The highest BCUT2D eigenvalue weighted by Gasteiger charge is 2.16. The van der Waals surface area contributed by atoms with Gasteiger partial charge in [0.2, 0.25) is 0 Å². The molecule has 0 saturated heterocycles. The average Bonchev–Trinajstić information content (AvgIpc) is 2.27. The van der Waals surface area contributed by atoms with Crippen molar-refractivity contribution in [2.75, 3.05) is 13.2 Å². The lowest BCUT2D eigenvalue weighted by Gasteiger charge is -2.25. The fourth-order valence-corrected chi connectivity index (χ4v) is 2.41. The van der Waals surface area contributed by atoms with Gasteiger partial charge in [0.15, 0.2) is 0 Å². The molecule has 1 saturated carbocycles. The van der Waals surface area contributed by atoms with E-state index >= 15 is 0 Å². The third-order valence-electron chi connectivity index (χ3n) is 3.32. The maximum atomic E-state index is 9.20. The maximum Gasteiger partial charge on any atom is 0.0895 e. The zero-order valence-corrected chi connectivity index (χ0v) is 9.78. The van der Waals surface area contributed by atoms with Crippen LogP contribution < -0.4 is 5.32 Å². The summed E-state index contributed by atoms with van der Waals surface area (Å²) in [4.78, 5) is 0. The molecule has 3 nitrogen and oxygen atoms in total. The smallest absolute Gasteiger partial charge is 0.0895 e. The highest BCUT2D eigenvalue weighted by Crippen LogP contribution is 2.27. The lowest BCUT2D eigenvalue weighted by Crippen LogP contribution is -2.36. The summed E-state index contributed by atoms with van der Waals surface area (Å²) in [5, 5.41) is 21.1. The molecule has 3 N–H and O–H groups in total. The predicted octanol–water partition coefficient (Wildman–Crippen LogP) is 1.29. The zero-order valence-electron chi connectivity index (χ0n) is 9.78. The first-order chi connectivity index (χ1) is 7.22. The van der Waals surface area contributed by atoms with Gasteiger partial charge >= 0.3 is 0 Å². The largest absolute Gasteiger partial charge is 0.394 e. The van der Waals surface area contributed by atoms with Crippen molar-refractivity contribution in [3.63, 3.8) is 0 Å². The Kier molecular flexibility index (Phi) is 6.22. The average molecular weight is 215 g/mol. The Balaban J connectivity index is 2.08. The maximum absolute atomic E-state index is 9.20. The summed E-state index contributed by atoms with van der Waals surface area (Å²) < 4.78 is 0. The quantitative estimate of drug-likeness (QED) is 0.626. The van der Waals surface area contributed by atoms with Crippen LogP contribution in [-0.2, 0) is 0 Å². The van der Waals surface area contributed by atoms with Crippen molar-refractivity contribution in [2.45, 2.75) is 57.6 Å². The molecule has 2 unspecified atom stereocenters. The predicted molar refractivity (Wildman–Crippen MR) is 61.7 cm³/mol. The fraction of sp³-hybridized carbons (Fsp3) is 1.00. The van der Waals surface area contributed by atoms with Crippen LogP contribution in [0.3, 0.4) is 0 Å². The van der Waals surface area contributed by atoms with Gasteiger partial charge in [-0.25, -0.2) is 0 Å². The highest BCUT2D eigenvalue weighted by molar-refractivity contribution is 4.72. The molecular weight excluding hydrogens is 190 g/mol. The van der Waals surface area contributed by atoms with Crippen LogP contribution >= 0.6 is 0 Å². The van der Waals surface area contributed by atoms with E-state index in [2.05, 4.69) is 12.2 Å². The van der Waals surface area contributed by atoms with Crippen molar-refractivity contribution in [3.05, 3.63) is 0 Å². The van der Waals surface area contributed by atoms with E-state index in [-0.39, 0.29) is 6.61 Å². The number of hydrogen-bond acceptors (Lipinski definition) is 3. The van der Waals surface area contributed by atoms with Gasteiger partial charge in [-0.2, -0.15) is 0 Å². The molecule has 2 atom stereocenters. The third-order valence-corrected chi connectivity index (χ3v) is 3.32. The van der Waals surface area contributed by atoms with Crippen LogP contribution in [0, 0.1) is 5.92 Å². The minimum atomic E-state index is -0.612. The summed E-state index contributed by atoms with van der Waals surface area (Å²) >= 11 is 0. The van der Waals surface area contributed by atoms with Gasteiger partial charge in [-0.1, -0.05) is 32.1 Å². The summed E-state index contributed by atoms with van der Waals surface area (Å²) in [6.45, 7) is 2.52. The summed E-state index contributed by atoms with van der Waals surface area (Å²) in [7, 11) is 0. The first-order valence-electron chi connectivity index (χ1n) is 6.24. The van der Waals surface area contributed by atoms with Crippen molar-refractivity contribution >= 4 is 0 Å². The Morgan fingerprint density at radius 1 is 1.27 bits per heavy atom. The van der Waals surface area contributed by atoms with Crippen LogP contribution in [0.25, 0.3) is 0 Å². The van der Waals surface area contributed by atoms with E-state index in [0.29, 0.717) is 12.6 Å². The molecule has 3 heteroatoms. The topological polar surface area (TPSA) is 52.5 Å². The second-order valence-corrected chi connectivity index (χ2v) is 4.89. The van der Waals surface area contributed by atoms with Crippen LogP contribution in [0.4, 0.5) is 0 Å². The van der Waals surface area contributed by atoms with Gasteiger partial charge < -0.3 is 15.5 Å². The lowest BCUT2D eigenvalue weighted by molar-refractivity contribution is 0.0912. The summed E-state index contributed by atoms with van der Waals surface area (Å²) in [6.07, 6.45) is 7.51. The molecule has 0 radical (unpaired) electrons. The number of hydrogen-bond donors (Lipinski definition) is 3. The molecule has 0 bridgehead atoms. The summed E-state index contributed by atoms with van der Waals surface area (Å²) in [6, 6.07) is 0.453. The number of aliphatic hydroxyl groups is 2. The molecule has 1 rings (SSSR count). The van der Waals surface area contributed by atoms with Crippen molar-refractivity contribution in [1.29, 1.82) is 0 Å². The molecular formula is C12H25NO2. The highest BCUT2D eigenvalue weighted by atomic mass is 16.3. The van der Waals surface area contributed by atoms with E-state index < -0.39 is 6.10 Å². The van der Waals surface area contributed by atoms with Gasteiger partial charge in [0.25, 0.3) is 0 Å². The standard InChI is InChI=1S/C12H25NO2/c1-10(13-8-12(15)9-14)7-11-5-3-2-4-6-11/h10-15H,2-9H2,1H3. The van der Waals surface area contributed by atoms with Gasteiger partial charge in [0.05, 0.1) is 12.7 Å². The van der Waals surface area contributed by atoms with Gasteiger partial charge in [-0.3, -0.25) is 0 Å². The van der Waals surface area contributed by atoms with Gasteiger partial charge in [-0.05, 0) is 19.3 Å². The summed E-state index contributed by atoms with van der Waals surface area (Å²) in [5.74, 6) is 0.868. The summed E-state index contributed by atoms with van der Waals surface area (Å²) in [5.41, 5.74) is 0. The van der Waals surface area contributed by atoms with E-state index in [1.165, 1.54) is 38.5 Å². The minimum Gasteiger partial charge on any atom is -0.394 e. The molecule has 0 spiro atoms. The molecule has 0 heterocycles. The Hall–Kier alpha value is -0.120. The molecule has 0 amide bonds. The van der Waals surface area contributed by atoms with E-state index in [4.69, 9.17) is 5.11 Å². The number of rotatable bonds is 6. The third kappa shape index (κ3) is 5.50. The Morgan fingerprint density at radius 2 is 1.93 bits per heavy atom. The Labute approximate surface area is 92.9 Å². The molecule has 15 heavy (non-hydrogen) atoms. The van der Waals surface area contributed by atoms with Crippen LogP contribution in [0.15, 0.2) is 0 Å². The lowest BCUT2D eigenvalue weighted by atomic mass is 9.85. The van der Waals surface area contributed by atoms with E-state index in [0.717, 1.165) is 5.92 Å². The van der Waals surface area contributed by atoms with Crippen LogP contribution in [-0.4, -0.2) is 35.5 Å². The molecule has 0 aromatic carbocycles. The van der Waals surface area contributed by atoms with E-state index in [1.807, 2.05) is 0 Å². The van der Waals surface area contributed by atoms with Gasteiger partial charge in [0, 0.05) is 12.6 Å². The Bertz CT molecular complexity index is 158. The Morgan fingerprint density at radius 3 is 2.53 bits per heavy atom. The second-order valence-electron chi connectivity index (χ2n) is 4.89. The van der Waals surface area contributed by atoms with E-state index in [1.54, 1.807) is 0 Å². The monoisotopic (exact) mass is 215 g/mol. The first-order valence-corrected chi connectivity index (χ1v) is 6.24. The molecule has 0 aliphatic heterocycles. The number of aliphatic hydroxyl groups excluding tert-OH is 2. The van der Waals surface area contributed by atoms with Gasteiger partial charge in [-0.15, -0.1) is 0 Å². The van der Waals surface area contributed by atoms with Crippen LogP contribution in [0.2, 0.25) is 0 Å². The zero-order chi connectivity index (χ0) is 11.1. The van der Waals surface area contributed by atoms with Crippen molar-refractivity contribution < 1.29 is 10.2 Å². The SMILES string of the molecule is CC(CC1CCCCC1)NCC(O)CO. The van der Waals surface area contributed by atoms with Crippen LogP contribution in [0.1, 0.15) is 45.4 Å². The molecule has 1 aliphatic carbocycles. The van der Waals surface area contributed by atoms with Gasteiger partial charge in [0.1, 0.15) is 0 Å². The van der Waals surface area contributed by atoms with E-state index in [9.17, 15) is 5.11 Å². The van der Waals surface area contributed by atoms with Crippen molar-refractivity contribution in [3.8, 4) is 0 Å². The minimum absolute atomic E-state index is 0.150. The molecule has 1 aliphatic rings. The molecule has 0 aromatic heterocycles. The number of nitrogens with one attached hydrogen (secondary N) is 1. The van der Waals surface area contributed by atoms with Crippen molar-refractivity contribution in [2.24, 2.45) is 5.92 Å².